The molecule has 0 bridgehead atoms. The Morgan fingerprint density at radius 1 is 1.08 bits per heavy atom. The molecule has 5 nitrogen and oxygen atoms in total. The number of rotatable bonds is 4. The summed E-state index contributed by atoms with van der Waals surface area (Å²) in [6, 6.07) is 12.2. The van der Waals surface area contributed by atoms with Crippen molar-refractivity contribution in [3.63, 3.8) is 0 Å². The largest absolute Gasteiger partial charge is 0.507 e. The first-order valence-corrected chi connectivity index (χ1v) is 8.86. The van der Waals surface area contributed by atoms with Crippen LogP contribution in [0.25, 0.3) is 0 Å². The Kier molecular flexibility index (Phi) is 5.26. The predicted octanol–water partition coefficient (Wildman–Crippen LogP) is 3.49. The van der Waals surface area contributed by atoms with Crippen molar-refractivity contribution in [3.8, 4) is 5.75 Å². The van der Waals surface area contributed by atoms with Crippen molar-refractivity contribution in [1.82, 2.24) is 4.90 Å². The molecule has 1 fully saturated rings. The van der Waals surface area contributed by atoms with E-state index in [1.807, 2.05) is 25.1 Å². The second-order valence-corrected chi connectivity index (χ2v) is 6.92. The third kappa shape index (κ3) is 3.87. The molecule has 1 aliphatic rings. The molecule has 1 saturated heterocycles. The Bertz CT molecular complexity index is 823. The topological polar surface area (TPSA) is 77.8 Å². The molecule has 1 heterocycles. The standard InChI is InChI=1S/C21H23NO4/c1-14-6-7-18(19(23)12-14)20(24)22-10-8-15(9-11-22)13-16-4-2-3-5-17(16)21(25)26/h2-7,12,15,23H,8-11,13H2,1H3,(H,25,26). The van der Waals surface area contributed by atoms with Gasteiger partial charge in [0.25, 0.3) is 5.91 Å². The van der Waals surface area contributed by atoms with Gasteiger partial charge in [0.05, 0.1) is 11.1 Å². The summed E-state index contributed by atoms with van der Waals surface area (Å²) >= 11 is 0. The fourth-order valence-corrected chi connectivity index (χ4v) is 3.55. The van der Waals surface area contributed by atoms with E-state index in [2.05, 4.69) is 0 Å². The number of benzene rings is 2. The third-order valence-corrected chi connectivity index (χ3v) is 5.04. The Hall–Kier alpha value is -2.82. The van der Waals surface area contributed by atoms with Crippen molar-refractivity contribution in [1.29, 1.82) is 0 Å². The lowest BCUT2D eigenvalue weighted by molar-refractivity contribution is 0.0687. The molecule has 0 aliphatic carbocycles. The molecule has 1 amide bonds. The fraction of sp³-hybridized carbons (Fsp3) is 0.333. The average Bonchev–Trinajstić information content (AvgIpc) is 2.62. The van der Waals surface area contributed by atoms with Gasteiger partial charge in [-0.1, -0.05) is 24.3 Å². The highest BCUT2D eigenvalue weighted by Crippen LogP contribution is 2.26. The quantitative estimate of drug-likeness (QED) is 0.882. The summed E-state index contributed by atoms with van der Waals surface area (Å²) in [4.78, 5) is 25.7. The first kappa shape index (κ1) is 18.0. The number of aromatic hydroxyl groups is 1. The molecule has 136 valence electrons. The van der Waals surface area contributed by atoms with Crippen molar-refractivity contribution in [2.75, 3.05) is 13.1 Å². The lowest BCUT2D eigenvalue weighted by Gasteiger charge is -2.32. The number of carboxylic acid groups (broad SMARTS) is 1. The van der Waals surface area contributed by atoms with Crippen LogP contribution >= 0.6 is 0 Å². The minimum atomic E-state index is -0.900. The second-order valence-electron chi connectivity index (χ2n) is 6.92. The Balaban J connectivity index is 1.63. The summed E-state index contributed by atoms with van der Waals surface area (Å²) in [6.45, 7) is 3.10. The molecule has 0 radical (unpaired) electrons. The van der Waals surface area contributed by atoms with E-state index in [0.29, 0.717) is 36.6 Å². The molecule has 0 unspecified atom stereocenters. The van der Waals surface area contributed by atoms with E-state index < -0.39 is 5.97 Å². The monoisotopic (exact) mass is 353 g/mol. The summed E-state index contributed by atoms with van der Waals surface area (Å²) < 4.78 is 0. The summed E-state index contributed by atoms with van der Waals surface area (Å²) in [7, 11) is 0. The molecule has 0 atom stereocenters. The zero-order valence-corrected chi connectivity index (χ0v) is 14.8. The number of carboxylic acids is 1. The number of phenolic OH excluding ortho intramolecular Hbond substituents is 1. The van der Waals surface area contributed by atoms with E-state index >= 15 is 0 Å². The Morgan fingerprint density at radius 2 is 1.77 bits per heavy atom. The molecule has 0 spiro atoms. The van der Waals surface area contributed by atoms with Gasteiger partial charge in [0.1, 0.15) is 5.75 Å². The van der Waals surface area contributed by atoms with E-state index in [1.165, 1.54) is 0 Å². The molecule has 26 heavy (non-hydrogen) atoms. The van der Waals surface area contributed by atoms with Crippen molar-refractivity contribution < 1.29 is 19.8 Å². The van der Waals surface area contributed by atoms with Gasteiger partial charge in [-0.25, -0.2) is 4.79 Å². The molecule has 0 saturated carbocycles. The third-order valence-electron chi connectivity index (χ3n) is 5.04. The van der Waals surface area contributed by atoms with Gasteiger partial charge in [0, 0.05) is 13.1 Å². The molecule has 5 heteroatoms. The molecule has 2 aromatic carbocycles. The van der Waals surface area contributed by atoms with Crippen molar-refractivity contribution in [2.24, 2.45) is 5.92 Å². The van der Waals surface area contributed by atoms with E-state index in [0.717, 1.165) is 24.0 Å². The average molecular weight is 353 g/mol. The highest BCUT2D eigenvalue weighted by Gasteiger charge is 2.26. The molecule has 0 aromatic heterocycles. The van der Waals surface area contributed by atoms with Gasteiger partial charge in [0.2, 0.25) is 0 Å². The van der Waals surface area contributed by atoms with Gasteiger partial charge in [-0.15, -0.1) is 0 Å². The van der Waals surface area contributed by atoms with Crippen molar-refractivity contribution in [2.45, 2.75) is 26.2 Å². The number of piperidine rings is 1. The van der Waals surface area contributed by atoms with E-state index in [4.69, 9.17) is 0 Å². The molecule has 1 aliphatic heterocycles. The van der Waals surface area contributed by atoms with Crippen LogP contribution in [-0.2, 0) is 6.42 Å². The zero-order chi connectivity index (χ0) is 18.7. The maximum Gasteiger partial charge on any atom is 0.335 e. The first-order chi connectivity index (χ1) is 12.5. The van der Waals surface area contributed by atoms with Crippen molar-refractivity contribution >= 4 is 11.9 Å². The minimum Gasteiger partial charge on any atom is -0.507 e. The zero-order valence-electron chi connectivity index (χ0n) is 14.8. The SMILES string of the molecule is Cc1ccc(C(=O)N2CCC(Cc3ccccc3C(=O)O)CC2)c(O)c1. The predicted molar refractivity (Wildman–Crippen MR) is 98.6 cm³/mol. The number of carbonyl (C=O) groups excluding carboxylic acids is 1. The highest BCUT2D eigenvalue weighted by molar-refractivity contribution is 5.97. The van der Waals surface area contributed by atoms with Gasteiger partial charge in [-0.05, 0) is 61.4 Å². The number of carbonyl (C=O) groups is 2. The van der Waals surface area contributed by atoms with E-state index in [-0.39, 0.29) is 11.7 Å². The van der Waals surface area contributed by atoms with Crippen LogP contribution in [0.1, 0.15) is 44.7 Å². The summed E-state index contributed by atoms with van der Waals surface area (Å²) in [6.07, 6.45) is 2.36. The van der Waals surface area contributed by atoms with Gasteiger partial charge < -0.3 is 15.1 Å². The number of nitrogens with zero attached hydrogens (tertiary/aromatic N) is 1. The first-order valence-electron chi connectivity index (χ1n) is 8.86. The van der Waals surface area contributed by atoms with Crippen LogP contribution in [0, 0.1) is 12.8 Å². The number of phenols is 1. The summed E-state index contributed by atoms with van der Waals surface area (Å²) in [5.74, 6) is -0.673. The van der Waals surface area contributed by atoms with Crippen LogP contribution in [-0.4, -0.2) is 40.1 Å². The maximum atomic E-state index is 12.6. The normalized spacial score (nSPS) is 15.0. The molecule has 2 aromatic rings. The Labute approximate surface area is 152 Å². The van der Waals surface area contributed by atoms with Gasteiger partial charge in [-0.2, -0.15) is 0 Å². The number of aryl methyl sites for hydroxylation is 1. The van der Waals surface area contributed by atoms with Crippen LogP contribution in [0.5, 0.6) is 5.75 Å². The van der Waals surface area contributed by atoms with Crippen LogP contribution in [0.15, 0.2) is 42.5 Å². The lowest BCUT2D eigenvalue weighted by Crippen LogP contribution is -2.39. The lowest BCUT2D eigenvalue weighted by atomic mass is 9.88. The number of amides is 1. The smallest absolute Gasteiger partial charge is 0.335 e. The van der Waals surface area contributed by atoms with Gasteiger partial charge >= 0.3 is 5.97 Å². The number of likely N-dealkylation sites (tertiary alicyclic amines) is 1. The van der Waals surface area contributed by atoms with Crippen LogP contribution in [0.2, 0.25) is 0 Å². The minimum absolute atomic E-state index is 0.0208. The van der Waals surface area contributed by atoms with Crippen LogP contribution < -0.4 is 0 Å². The number of hydrogen-bond acceptors (Lipinski definition) is 3. The molecular formula is C21H23NO4. The molecular weight excluding hydrogens is 330 g/mol. The van der Waals surface area contributed by atoms with E-state index in [9.17, 15) is 19.8 Å². The van der Waals surface area contributed by atoms with Gasteiger partial charge in [0.15, 0.2) is 0 Å². The number of aromatic carboxylic acids is 1. The Morgan fingerprint density at radius 3 is 2.42 bits per heavy atom. The second kappa shape index (κ2) is 7.60. The summed E-state index contributed by atoms with van der Waals surface area (Å²) in [5, 5.41) is 19.3. The van der Waals surface area contributed by atoms with E-state index in [1.54, 1.807) is 29.2 Å². The van der Waals surface area contributed by atoms with Crippen LogP contribution in [0.4, 0.5) is 0 Å². The highest BCUT2D eigenvalue weighted by atomic mass is 16.4. The molecule has 3 rings (SSSR count). The summed E-state index contributed by atoms with van der Waals surface area (Å²) in [5.41, 5.74) is 2.46. The number of hydrogen-bond donors (Lipinski definition) is 2. The maximum absolute atomic E-state index is 12.6. The van der Waals surface area contributed by atoms with Crippen molar-refractivity contribution in [3.05, 3.63) is 64.7 Å². The fourth-order valence-electron chi connectivity index (χ4n) is 3.55. The molecule has 2 N–H and O–H groups in total. The van der Waals surface area contributed by atoms with Gasteiger partial charge in [-0.3, -0.25) is 4.79 Å². The van der Waals surface area contributed by atoms with Crippen LogP contribution in [0.3, 0.4) is 0 Å².